The maximum absolute atomic E-state index is 12.5. The molecule has 0 aromatic carbocycles. The van der Waals surface area contributed by atoms with Crippen molar-refractivity contribution < 1.29 is 9.53 Å². The molecule has 0 fully saturated rings. The first kappa shape index (κ1) is 16.8. The van der Waals surface area contributed by atoms with Gasteiger partial charge >= 0.3 is 6.09 Å². The lowest BCUT2D eigenvalue weighted by Gasteiger charge is -2.27. The predicted octanol–water partition coefficient (Wildman–Crippen LogP) is 4.16. The normalized spacial score (nSPS) is 20.5. The van der Waals surface area contributed by atoms with Crippen molar-refractivity contribution in [3.8, 4) is 6.07 Å². The summed E-state index contributed by atoms with van der Waals surface area (Å²) in [6.07, 6.45) is 2.34. The Morgan fingerprint density at radius 3 is 2.82 bits per heavy atom. The highest BCUT2D eigenvalue weighted by molar-refractivity contribution is 9.10. The standard InChI is InChI=1S/C16H20BrN3O2/c1-5-16(6-7-18)10-20(14(21)22-15(2,3)4)13-12(16)8-11(17)9-19-13/h8-9H,5-6,10H2,1-4H3. The number of anilines is 1. The van der Waals surface area contributed by atoms with Crippen molar-refractivity contribution in [2.75, 3.05) is 11.4 Å². The molecule has 0 aliphatic carbocycles. The summed E-state index contributed by atoms with van der Waals surface area (Å²) in [6, 6.07) is 4.20. The van der Waals surface area contributed by atoms with Gasteiger partial charge in [-0.15, -0.1) is 0 Å². The zero-order valence-electron chi connectivity index (χ0n) is 13.3. The van der Waals surface area contributed by atoms with E-state index in [2.05, 4.69) is 27.0 Å². The van der Waals surface area contributed by atoms with E-state index in [1.807, 2.05) is 33.8 Å². The number of pyridine rings is 1. The molecule has 5 nitrogen and oxygen atoms in total. The zero-order valence-corrected chi connectivity index (χ0v) is 14.9. The molecule has 2 heterocycles. The third-order valence-corrected chi connectivity index (χ3v) is 4.26. The number of nitriles is 1. The van der Waals surface area contributed by atoms with Gasteiger partial charge in [-0.3, -0.25) is 4.90 Å². The van der Waals surface area contributed by atoms with Gasteiger partial charge in [0.25, 0.3) is 0 Å². The van der Waals surface area contributed by atoms with Crippen LogP contribution in [0.2, 0.25) is 0 Å². The summed E-state index contributed by atoms with van der Waals surface area (Å²) >= 11 is 3.42. The zero-order chi connectivity index (χ0) is 16.5. The average molecular weight is 366 g/mol. The Balaban J connectivity index is 2.46. The molecular weight excluding hydrogens is 346 g/mol. The van der Waals surface area contributed by atoms with Crippen molar-refractivity contribution in [2.45, 2.75) is 51.6 Å². The fourth-order valence-electron chi connectivity index (χ4n) is 2.70. The van der Waals surface area contributed by atoms with E-state index in [0.717, 1.165) is 16.5 Å². The molecular formula is C16H20BrN3O2. The molecule has 1 aliphatic heterocycles. The molecule has 0 saturated carbocycles. The van der Waals surface area contributed by atoms with E-state index < -0.39 is 17.1 Å². The molecule has 0 saturated heterocycles. The number of ether oxygens (including phenoxy) is 1. The van der Waals surface area contributed by atoms with Gasteiger partial charge in [0.2, 0.25) is 0 Å². The number of hydrogen-bond acceptors (Lipinski definition) is 4. The van der Waals surface area contributed by atoms with Gasteiger partial charge in [0, 0.05) is 34.6 Å². The molecule has 0 N–H and O–H groups in total. The van der Waals surface area contributed by atoms with E-state index in [1.54, 1.807) is 11.1 Å². The van der Waals surface area contributed by atoms with Gasteiger partial charge < -0.3 is 4.74 Å². The summed E-state index contributed by atoms with van der Waals surface area (Å²) in [5.41, 5.74) is -0.0337. The molecule has 1 aromatic heterocycles. The number of hydrogen-bond donors (Lipinski definition) is 0. The van der Waals surface area contributed by atoms with Crippen LogP contribution in [0, 0.1) is 11.3 Å². The van der Waals surface area contributed by atoms with Crippen molar-refractivity contribution in [1.29, 1.82) is 5.26 Å². The van der Waals surface area contributed by atoms with Gasteiger partial charge in [0.05, 0.1) is 6.07 Å². The summed E-state index contributed by atoms with van der Waals surface area (Å²) in [5.74, 6) is 0.592. The number of nitrogens with zero attached hydrogens (tertiary/aromatic N) is 3. The smallest absolute Gasteiger partial charge is 0.416 e. The highest BCUT2D eigenvalue weighted by Crippen LogP contribution is 2.45. The number of carbonyl (C=O) groups is 1. The van der Waals surface area contributed by atoms with Gasteiger partial charge in [0.1, 0.15) is 11.4 Å². The average Bonchev–Trinajstić information content (AvgIpc) is 2.72. The van der Waals surface area contributed by atoms with Crippen LogP contribution in [0.25, 0.3) is 0 Å². The number of carbonyl (C=O) groups excluding carboxylic acids is 1. The van der Waals surface area contributed by atoms with Crippen LogP contribution in [-0.4, -0.2) is 23.2 Å². The minimum Gasteiger partial charge on any atom is -0.443 e. The highest BCUT2D eigenvalue weighted by atomic mass is 79.9. The molecule has 0 bridgehead atoms. The number of rotatable bonds is 2. The molecule has 1 atom stereocenters. The number of aromatic nitrogens is 1. The van der Waals surface area contributed by atoms with Crippen LogP contribution in [0.4, 0.5) is 10.6 Å². The second-order valence-corrected chi connectivity index (χ2v) is 7.48. The molecule has 0 radical (unpaired) electrons. The van der Waals surface area contributed by atoms with Crippen molar-refractivity contribution >= 4 is 27.8 Å². The van der Waals surface area contributed by atoms with Gasteiger partial charge in [-0.2, -0.15) is 5.26 Å². The second-order valence-electron chi connectivity index (χ2n) is 6.56. The molecule has 6 heteroatoms. The van der Waals surface area contributed by atoms with Gasteiger partial charge in [-0.25, -0.2) is 9.78 Å². The minimum atomic E-state index is -0.570. The van der Waals surface area contributed by atoms with E-state index in [4.69, 9.17) is 4.74 Å². The third-order valence-electron chi connectivity index (χ3n) is 3.83. The van der Waals surface area contributed by atoms with Crippen molar-refractivity contribution in [3.63, 3.8) is 0 Å². The lowest BCUT2D eigenvalue weighted by Crippen LogP contribution is -2.40. The number of fused-ring (bicyclic) bond motifs is 1. The van der Waals surface area contributed by atoms with E-state index in [1.165, 1.54) is 0 Å². The third kappa shape index (κ3) is 3.09. The topological polar surface area (TPSA) is 66.2 Å². The molecule has 1 unspecified atom stereocenters. The van der Waals surface area contributed by atoms with Crippen molar-refractivity contribution in [3.05, 3.63) is 22.3 Å². The summed E-state index contributed by atoms with van der Waals surface area (Å²) in [4.78, 5) is 18.4. The summed E-state index contributed by atoms with van der Waals surface area (Å²) < 4.78 is 6.32. The van der Waals surface area contributed by atoms with Crippen molar-refractivity contribution in [1.82, 2.24) is 4.98 Å². The number of halogens is 1. The van der Waals surface area contributed by atoms with Crippen LogP contribution in [-0.2, 0) is 10.2 Å². The molecule has 1 aliphatic rings. The van der Waals surface area contributed by atoms with E-state index in [9.17, 15) is 10.1 Å². The Hall–Kier alpha value is -1.61. The SMILES string of the molecule is CCC1(CC#N)CN(C(=O)OC(C)(C)C)c2ncc(Br)cc21. The van der Waals surface area contributed by atoms with E-state index >= 15 is 0 Å². The quantitative estimate of drug-likeness (QED) is 0.788. The van der Waals surface area contributed by atoms with Gasteiger partial charge in [-0.05, 0) is 49.2 Å². The first-order chi connectivity index (χ1) is 10.2. The lowest BCUT2D eigenvalue weighted by molar-refractivity contribution is 0.0576. The Morgan fingerprint density at radius 2 is 2.27 bits per heavy atom. The molecule has 2 rings (SSSR count). The summed E-state index contributed by atoms with van der Waals surface area (Å²) in [6.45, 7) is 7.95. The van der Waals surface area contributed by atoms with Crippen molar-refractivity contribution in [2.24, 2.45) is 0 Å². The Morgan fingerprint density at radius 1 is 1.59 bits per heavy atom. The summed E-state index contributed by atoms with van der Waals surface area (Å²) in [5, 5.41) is 9.21. The van der Waals surface area contributed by atoms with Gasteiger partial charge in [0.15, 0.2) is 0 Å². The minimum absolute atomic E-state index is 0.341. The molecule has 1 amide bonds. The van der Waals surface area contributed by atoms with E-state index in [-0.39, 0.29) is 0 Å². The Bertz CT molecular complexity index is 633. The van der Waals surface area contributed by atoms with Gasteiger partial charge in [-0.1, -0.05) is 6.92 Å². The maximum Gasteiger partial charge on any atom is 0.416 e. The molecule has 1 aromatic rings. The molecule has 0 spiro atoms. The Kier molecular flexibility index (Phi) is 4.48. The van der Waals surface area contributed by atoms with Crippen LogP contribution in [0.15, 0.2) is 16.7 Å². The fraction of sp³-hybridized carbons (Fsp3) is 0.562. The van der Waals surface area contributed by atoms with Crippen LogP contribution in [0.5, 0.6) is 0 Å². The Labute approximate surface area is 139 Å². The van der Waals surface area contributed by atoms with Crippen LogP contribution in [0.3, 0.4) is 0 Å². The largest absolute Gasteiger partial charge is 0.443 e. The van der Waals surface area contributed by atoms with Crippen LogP contribution >= 0.6 is 15.9 Å². The van der Waals surface area contributed by atoms with E-state index in [0.29, 0.717) is 18.8 Å². The predicted molar refractivity (Wildman–Crippen MR) is 87.7 cm³/mol. The summed E-state index contributed by atoms with van der Waals surface area (Å²) in [7, 11) is 0. The van der Waals surface area contributed by atoms with Crippen LogP contribution < -0.4 is 4.90 Å². The lowest BCUT2D eigenvalue weighted by atomic mass is 9.78. The monoisotopic (exact) mass is 365 g/mol. The molecule has 22 heavy (non-hydrogen) atoms. The first-order valence-corrected chi connectivity index (χ1v) is 8.05. The molecule has 118 valence electrons. The number of amides is 1. The fourth-order valence-corrected chi connectivity index (χ4v) is 3.03. The van der Waals surface area contributed by atoms with Crippen LogP contribution in [0.1, 0.15) is 46.1 Å². The maximum atomic E-state index is 12.5. The highest BCUT2D eigenvalue weighted by Gasteiger charge is 2.45. The second kappa shape index (κ2) is 5.88. The first-order valence-electron chi connectivity index (χ1n) is 7.26.